The van der Waals surface area contributed by atoms with Crippen LogP contribution >= 0.6 is 0 Å². The second kappa shape index (κ2) is 6.40. The van der Waals surface area contributed by atoms with Gasteiger partial charge in [0.25, 0.3) is 0 Å². The highest BCUT2D eigenvalue weighted by atomic mass is 16.7. The lowest BCUT2D eigenvalue weighted by atomic mass is 10.2. The number of nitrogens with one attached hydrogen (secondary N) is 1. The van der Waals surface area contributed by atoms with Gasteiger partial charge < -0.3 is 30.2 Å². The lowest BCUT2D eigenvalue weighted by molar-refractivity contribution is 0.122. The molecule has 3 N–H and O–H groups in total. The Hall–Kier alpha value is -2.74. The van der Waals surface area contributed by atoms with Gasteiger partial charge in [-0.1, -0.05) is 6.07 Å². The number of hydrogen-bond donors (Lipinski definition) is 2. The zero-order valence-electron chi connectivity index (χ0n) is 13.2. The quantitative estimate of drug-likeness (QED) is 0.865. The highest BCUT2D eigenvalue weighted by Gasteiger charge is 2.18. The number of anilines is 3. The van der Waals surface area contributed by atoms with Crippen LogP contribution in [0, 0.1) is 0 Å². The molecule has 0 spiro atoms. The predicted molar refractivity (Wildman–Crippen MR) is 89.4 cm³/mol. The molecule has 8 nitrogen and oxygen atoms in total. The van der Waals surface area contributed by atoms with Gasteiger partial charge in [0.2, 0.25) is 6.79 Å². The molecular formula is C16H19N5O3. The number of hydrogen-bond acceptors (Lipinski definition) is 8. The molecule has 24 heavy (non-hydrogen) atoms. The average molecular weight is 329 g/mol. The van der Waals surface area contributed by atoms with E-state index in [9.17, 15) is 0 Å². The fourth-order valence-corrected chi connectivity index (χ4v) is 2.79. The van der Waals surface area contributed by atoms with Crippen LogP contribution in [-0.4, -0.2) is 43.1 Å². The van der Waals surface area contributed by atoms with E-state index in [1.807, 2.05) is 18.2 Å². The Bertz CT molecular complexity index is 734. The second-order valence-corrected chi connectivity index (χ2v) is 5.60. The smallest absolute Gasteiger partial charge is 0.231 e. The monoisotopic (exact) mass is 329 g/mol. The number of benzene rings is 1. The first-order valence-corrected chi connectivity index (χ1v) is 7.87. The molecule has 2 aliphatic heterocycles. The minimum absolute atomic E-state index is 0.272. The van der Waals surface area contributed by atoms with Gasteiger partial charge in [-0.2, -0.15) is 0 Å². The molecule has 2 aromatic rings. The first-order chi connectivity index (χ1) is 11.8. The molecule has 0 aliphatic carbocycles. The van der Waals surface area contributed by atoms with Crippen molar-refractivity contribution in [2.24, 2.45) is 0 Å². The van der Waals surface area contributed by atoms with Gasteiger partial charge in [0.05, 0.1) is 13.2 Å². The molecule has 0 radical (unpaired) electrons. The van der Waals surface area contributed by atoms with E-state index in [0.717, 1.165) is 36.0 Å². The summed E-state index contributed by atoms with van der Waals surface area (Å²) in [6, 6.07) is 5.85. The van der Waals surface area contributed by atoms with Crippen molar-refractivity contribution in [3.63, 3.8) is 0 Å². The van der Waals surface area contributed by atoms with Crippen LogP contribution in [0.25, 0.3) is 0 Å². The van der Waals surface area contributed by atoms with Crippen molar-refractivity contribution in [2.75, 3.05) is 49.0 Å². The van der Waals surface area contributed by atoms with E-state index >= 15 is 0 Å². The van der Waals surface area contributed by atoms with Crippen molar-refractivity contribution in [3.05, 3.63) is 30.1 Å². The van der Waals surface area contributed by atoms with Crippen LogP contribution in [0.4, 0.5) is 17.3 Å². The first-order valence-electron chi connectivity index (χ1n) is 7.87. The van der Waals surface area contributed by atoms with Crippen LogP contribution in [0.3, 0.4) is 0 Å². The lowest BCUT2D eigenvalue weighted by Crippen LogP contribution is -2.37. The van der Waals surface area contributed by atoms with Gasteiger partial charge in [0.15, 0.2) is 23.1 Å². The summed E-state index contributed by atoms with van der Waals surface area (Å²) in [5.41, 5.74) is 7.87. The molecule has 1 aromatic heterocycles. The fraction of sp³-hybridized carbons (Fsp3) is 0.375. The Morgan fingerprint density at radius 1 is 1.12 bits per heavy atom. The van der Waals surface area contributed by atoms with E-state index in [-0.39, 0.29) is 6.79 Å². The molecular weight excluding hydrogens is 310 g/mol. The Balaban J connectivity index is 1.48. The van der Waals surface area contributed by atoms with Crippen molar-refractivity contribution in [1.29, 1.82) is 0 Å². The normalized spacial score (nSPS) is 16.2. The van der Waals surface area contributed by atoms with Gasteiger partial charge in [-0.05, 0) is 17.7 Å². The standard InChI is InChI=1S/C16H19N5O3/c17-14-15(19-9-20-16(14)21-3-5-22-6-4-21)18-8-11-1-2-12-13(7-11)24-10-23-12/h1-2,7,9H,3-6,8,10,17H2,(H,18,19,20). The van der Waals surface area contributed by atoms with Crippen LogP contribution in [0.15, 0.2) is 24.5 Å². The van der Waals surface area contributed by atoms with Crippen LogP contribution in [0.1, 0.15) is 5.56 Å². The minimum Gasteiger partial charge on any atom is -0.454 e. The molecule has 2 aliphatic rings. The molecule has 0 unspecified atom stereocenters. The van der Waals surface area contributed by atoms with E-state index in [1.165, 1.54) is 6.33 Å². The molecule has 0 atom stereocenters. The lowest BCUT2D eigenvalue weighted by Gasteiger charge is -2.29. The Kier molecular flexibility index (Phi) is 3.96. The van der Waals surface area contributed by atoms with Crippen LogP contribution in [0.2, 0.25) is 0 Å². The van der Waals surface area contributed by atoms with Crippen LogP contribution < -0.4 is 25.4 Å². The van der Waals surface area contributed by atoms with E-state index in [0.29, 0.717) is 31.3 Å². The molecule has 0 amide bonds. The highest BCUT2D eigenvalue weighted by molar-refractivity contribution is 5.75. The summed E-state index contributed by atoms with van der Waals surface area (Å²) in [6.45, 7) is 3.78. The van der Waals surface area contributed by atoms with Gasteiger partial charge in [-0.15, -0.1) is 0 Å². The average Bonchev–Trinajstić information content (AvgIpc) is 3.09. The van der Waals surface area contributed by atoms with Crippen LogP contribution in [0.5, 0.6) is 11.5 Å². The zero-order valence-corrected chi connectivity index (χ0v) is 13.2. The van der Waals surface area contributed by atoms with Crippen molar-refractivity contribution in [1.82, 2.24) is 9.97 Å². The molecule has 0 bridgehead atoms. The summed E-state index contributed by atoms with van der Waals surface area (Å²) in [7, 11) is 0. The third kappa shape index (κ3) is 2.88. The summed E-state index contributed by atoms with van der Waals surface area (Å²) in [4.78, 5) is 10.7. The van der Waals surface area contributed by atoms with Gasteiger partial charge in [-0.3, -0.25) is 0 Å². The number of morpholine rings is 1. The van der Waals surface area contributed by atoms with Gasteiger partial charge in [0, 0.05) is 19.6 Å². The maximum Gasteiger partial charge on any atom is 0.231 e. The third-order valence-electron chi connectivity index (χ3n) is 4.07. The van der Waals surface area contributed by atoms with E-state index in [2.05, 4.69) is 20.2 Å². The summed E-state index contributed by atoms with van der Waals surface area (Å²) in [5, 5.41) is 3.27. The van der Waals surface area contributed by atoms with E-state index in [4.69, 9.17) is 19.9 Å². The topological polar surface area (TPSA) is 94.8 Å². The van der Waals surface area contributed by atoms with E-state index in [1.54, 1.807) is 0 Å². The summed E-state index contributed by atoms with van der Waals surface area (Å²) < 4.78 is 16.1. The Morgan fingerprint density at radius 3 is 2.83 bits per heavy atom. The summed E-state index contributed by atoms with van der Waals surface area (Å²) in [6.07, 6.45) is 1.53. The Labute approximate surface area is 139 Å². The largest absolute Gasteiger partial charge is 0.454 e. The Morgan fingerprint density at radius 2 is 1.96 bits per heavy atom. The molecule has 8 heteroatoms. The van der Waals surface area contributed by atoms with Gasteiger partial charge in [-0.25, -0.2) is 9.97 Å². The molecule has 126 valence electrons. The number of nitrogens with two attached hydrogens (primary N) is 1. The first kappa shape index (κ1) is 14.8. The number of aromatic nitrogens is 2. The number of nitrogens with zero attached hydrogens (tertiary/aromatic N) is 3. The predicted octanol–water partition coefficient (Wildman–Crippen LogP) is 1.24. The number of nitrogen functional groups attached to an aromatic ring is 1. The van der Waals surface area contributed by atoms with Crippen molar-refractivity contribution in [3.8, 4) is 11.5 Å². The summed E-state index contributed by atoms with van der Waals surface area (Å²) in [5.74, 6) is 2.92. The fourth-order valence-electron chi connectivity index (χ4n) is 2.79. The highest BCUT2D eigenvalue weighted by Crippen LogP contribution is 2.33. The minimum atomic E-state index is 0.272. The second-order valence-electron chi connectivity index (χ2n) is 5.60. The molecule has 0 saturated carbocycles. The van der Waals surface area contributed by atoms with Crippen molar-refractivity contribution >= 4 is 17.3 Å². The van der Waals surface area contributed by atoms with Gasteiger partial charge >= 0.3 is 0 Å². The maximum atomic E-state index is 6.25. The molecule has 4 rings (SSSR count). The number of fused-ring (bicyclic) bond motifs is 1. The number of ether oxygens (including phenoxy) is 3. The maximum absolute atomic E-state index is 6.25. The molecule has 1 fully saturated rings. The number of rotatable bonds is 4. The molecule has 3 heterocycles. The van der Waals surface area contributed by atoms with Crippen LogP contribution in [-0.2, 0) is 11.3 Å². The zero-order chi connectivity index (χ0) is 16.4. The third-order valence-corrected chi connectivity index (χ3v) is 4.07. The van der Waals surface area contributed by atoms with Crippen molar-refractivity contribution < 1.29 is 14.2 Å². The van der Waals surface area contributed by atoms with E-state index < -0.39 is 0 Å². The van der Waals surface area contributed by atoms with Gasteiger partial charge in [0.1, 0.15) is 12.0 Å². The SMILES string of the molecule is Nc1c(NCc2ccc3c(c2)OCO3)ncnc1N1CCOCC1. The molecule has 1 aromatic carbocycles. The summed E-state index contributed by atoms with van der Waals surface area (Å²) >= 11 is 0. The molecule has 1 saturated heterocycles. The van der Waals surface area contributed by atoms with Crippen molar-refractivity contribution in [2.45, 2.75) is 6.54 Å².